The molecule has 3 nitrogen and oxygen atoms in total. The van der Waals surface area contributed by atoms with Crippen molar-refractivity contribution >= 4 is 52.3 Å². The Bertz CT molecular complexity index is 643. The van der Waals surface area contributed by atoms with Crippen LogP contribution in [0.3, 0.4) is 0 Å². The van der Waals surface area contributed by atoms with Crippen molar-refractivity contribution < 1.29 is 9.53 Å². The Labute approximate surface area is 148 Å². The topological polar surface area (TPSA) is 38.3 Å². The van der Waals surface area contributed by atoms with Gasteiger partial charge in [-0.25, -0.2) is 0 Å². The Morgan fingerprint density at radius 3 is 2.18 bits per heavy atom. The smallest absolute Gasteiger partial charge is 0.255 e. The molecule has 116 valence electrons. The van der Waals surface area contributed by atoms with Crippen LogP contribution in [0, 0.1) is 0 Å². The molecule has 1 unspecified atom stereocenters. The maximum absolute atomic E-state index is 12.3. The van der Waals surface area contributed by atoms with Gasteiger partial charge < -0.3 is 10.1 Å². The molecule has 0 spiro atoms. The van der Waals surface area contributed by atoms with Crippen molar-refractivity contribution in [2.45, 2.75) is 10.0 Å². The quantitative estimate of drug-likeness (QED) is 0.610. The van der Waals surface area contributed by atoms with Gasteiger partial charge in [-0.2, -0.15) is 0 Å². The fourth-order valence-corrected chi connectivity index (χ4v) is 2.17. The van der Waals surface area contributed by atoms with E-state index in [1.807, 2.05) is 6.07 Å². The first-order valence-corrected chi connectivity index (χ1v) is 7.73. The second-order valence-corrected chi connectivity index (χ2v) is 7.08. The monoisotopic (exact) mass is 377 g/mol. The van der Waals surface area contributed by atoms with Gasteiger partial charge in [-0.15, -0.1) is 0 Å². The second-order valence-electron chi connectivity index (χ2n) is 4.31. The first kappa shape index (κ1) is 17.2. The van der Waals surface area contributed by atoms with Crippen LogP contribution in [0.2, 0.25) is 5.02 Å². The summed E-state index contributed by atoms with van der Waals surface area (Å²) in [6, 6.07) is 15.3. The summed E-state index contributed by atoms with van der Waals surface area (Å²) in [5.41, 5.74) is 0.264. The molecule has 0 aliphatic rings. The zero-order valence-corrected chi connectivity index (χ0v) is 14.1. The zero-order chi connectivity index (χ0) is 16.2. The van der Waals surface area contributed by atoms with Crippen molar-refractivity contribution in [3.05, 3.63) is 65.2 Å². The Hall–Kier alpha value is -1.13. The molecular formula is C15H11Cl4NO2. The fourth-order valence-electron chi connectivity index (χ4n) is 1.66. The molecule has 0 heterocycles. The summed E-state index contributed by atoms with van der Waals surface area (Å²) in [5, 5.41) is 2.82. The normalized spacial score (nSPS) is 12.5. The molecule has 0 radical (unpaired) electrons. The van der Waals surface area contributed by atoms with Crippen molar-refractivity contribution in [2.75, 3.05) is 0 Å². The van der Waals surface area contributed by atoms with E-state index in [1.54, 1.807) is 48.5 Å². The molecule has 0 bridgehead atoms. The fraction of sp³-hybridized carbons (Fsp3) is 0.133. The highest BCUT2D eigenvalue weighted by Gasteiger charge is 2.36. The molecule has 0 saturated carbocycles. The van der Waals surface area contributed by atoms with E-state index in [0.29, 0.717) is 10.8 Å². The highest BCUT2D eigenvalue weighted by Crippen LogP contribution is 2.32. The van der Waals surface area contributed by atoms with E-state index in [1.165, 1.54) is 0 Å². The molecule has 0 aliphatic carbocycles. The summed E-state index contributed by atoms with van der Waals surface area (Å²) < 4.78 is 3.69. The molecule has 0 aromatic heterocycles. The minimum atomic E-state index is -1.85. The lowest BCUT2D eigenvalue weighted by molar-refractivity contribution is 0.0833. The third kappa shape index (κ3) is 4.68. The molecule has 1 atom stereocenters. The average molecular weight is 379 g/mol. The number of alkyl halides is 3. The van der Waals surface area contributed by atoms with Crippen LogP contribution >= 0.6 is 46.4 Å². The van der Waals surface area contributed by atoms with E-state index in [2.05, 4.69) is 5.32 Å². The zero-order valence-electron chi connectivity index (χ0n) is 11.1. The van der Waals surface area contributed by atoms with Gasteiger partial charge in [0, 0.05) is 0 Å². The van der Waals surface area contributed by atoms with Gasteiger partial charge in [0.15, 0.2) is 0 Å². The average Bonchev–Trinajstić information content (AvgIpc) is 2.47. The maximum atomic E-state index is 12.3. The summed E-state index contributed by atoms with van der Waals surface area (Å²) in [4.78, 5) is 12.3. The number of halogens is 4. The van der Waals surface area contributed by atoms with Crippen LogP contribution < -0.4 is 10.1 Å². The van der Waals surface area contributed by atoms with Crippen LogP contribution in [0.1, 0.15) is 10.4 Å². The Balaban J connectivity index is 2.17. The number of rotatable bonds is 4. The molecule has 1 amide bonds. The van der Waals surface area contributed by atoms with E-state index in [0.717, 1.165) is 0 Å². The molecule has 2 aromatic rings. The lowest BCUT2D eigenvalue weighted by Gasteiger charge is -2.26. The minimum absolute atomic E-state index is 0.264. The second kappa shape index (κ2) is 7.42. The number of carbonyl (C=O) groups is 1. The third-order valence-electron chi connectivity index (χ3n) is 2.68. The Morgan fingerprint density at radius 2 is 1.59 bits per heavy atom. The molecule has 1 N–H and O–H groups in total. The van der Waals surface area contributed by atoms with Gasteiger partial charge in [0.25, 0.3) is 5.91 Å². The number of para-hydroxylation sites is 1. The number of amides is 1. The highest BCUT2D eigenvalue weighted by molar-refractivity contribution is 6.68. The largest absolute Gasteiger partial charge is 0.466 e. The molecule has 7 heteroatoms. The van der Waals surface area contributed by atoms with Crippen LogP contribution in [-0.2, 0) is 0 Å². The summed E-state index contributed by atoms with van der Waals surface area (Å²) in [5.74, 6) is -0.0452. The van der Waals surface area contributed by atoms with E-state index >= 15 is 0 Å². The highest BCUT2D eigenvalue weighted by atomic mass is 35.6. The van der Waals surface area contributed by atoms with Crippen molar-refractivity contribution in [1.82, 2.24) is 5.32 Å². The van der Waals surface area contributed by atoms with Gasteiger partial charge in [-0.1, -0.05) is 76.7 Å². The van der Waals surface area contributed by atoms with Crippen LogP contribution in [0.4, 0.5) is 0 Å². The van der Waals surface area contributed by atoms with Gasteiger partial charge in [0.2, 0.25) is 10.0 Å². The summed E-state index contributed by atoms with van der Waals surface area (Å²) in [7, 11) is 0. The summed E-state index contributed by atoms with van der Waals surface area (Å²) in [6.07, 6.45) is -1.18. The van der Waals surface area contributed by atoms with Crippen molar-refractivity contribution in [1.29, 1.82) is 0 Å². The van der Waals surface area contributed by atoms with Crippen molar-refractivity contribution in [2.24, 2.45) is 0 Å². The molecule has 2 rings (SSSR count). The minimum Gasteiger partial charge on any atom is -0.466 e. The van der Waals surface area contributed by atoms with Gasteiger partial charge in [-0.3, -0.25) is 4.79 Å². The first-order valence-electron chi connectivity index (χ1n) is 6.22. The lowest BCUT2D eigenvalue weighted by Crippen LogP contribution is -2.47. The molecule has 0 aliphatic heterocycles. The standard InChI is InChI=1S/C15H11Cl4NO2/c16-12-9-5-4-8-11(12)13(21)20-14(15(17,18)19)22-10-6-2-1-3-7-10/h1-9,14H,(H,20,21). The third-order valence-corrected chi connectivity index (χ3v) is 3.60. The van der Waals surface area contributed by atoms with Crippen LogP contribution in [0.25, 0.3) is 0 Å². The predicted molar refractivity (Wildman–Crippen MR) is 90.1 cm³/mol. The molecule has 0 fully saturated rings. The molecule has 2 aromatic carbocycles. The van der Waals surface area contributed by atoms with Crippen molar-refractivity contribution in [3.63, 3.8) is 0 Å². The summed E-state index contributed by atoms with van der Waals surface area (Å²) >= 11 is 23.6. The molecule has 0 saturated heterocycles. The molecule has 22 heavy (non-hydrogen) atoms. The number of benzene rings is 2. The predicted octanol–water partition coefficient (Wildman–Crippen LogP) is 4.85. The Morgan fingerprint density at radius 1 is 1.00 bits per heavy atom. The number of carbonyl (C=O) groups excluding carboxylic acids is 1. The van der Waals surface area contributed by atoms with E-state index in [9.17, 15) is 4.79 Å². The number of hydrogen-bond acceptors (Lipinski definition) is 2. The SMILES string of the molecule is O=C(NC(Oc1ccccc1)C(Cl)(Cl)Cl)c1ccccc1Cl. The lowest BCUT2D eigenvalue weighted by atomic mass is 10.2. The van der Waals surface area contributed by atoms with Gasteiger partial charge in [0.1, 0.15) is 5.75 Å². The van der Waals surface area contributed by atoms with E-state index < -0.39 is 15.9 Å². The van der Waals surface area contributed by atoms with Crippen LogP contribution in [0.15, 0.2) is 54.6 Å². The van der Waals surface area contributed by atoms with Gasteiger partial charge >= 0.3 is 0 Å². The number of hydrogen-bond donors (Lipinski definition) is 1. The first-order chi connectivity index (χ1) is 10.4. The maximum Gasteiger partial charge on any atom is 0.255 e. The number of nitrogens with one attached hydrogen (secondary N) is 1. The number of ether oxygens (including phenoxy) is 1. The van der Waals surface area contributed by atoms with Crippen LogP contribution in [-0.4, -0.2) is 15.9 Å². The van der Waals surface area contributed by atoms with E-state index in [4.69, 9.17) is 51.1 Å². The van der Waals surface area contributed by atoms with Gasteiger partial charge in [0.05, 0.1) is 10.6 Å². The van der Waals surface area contributed by atoms with Crippen molar-refractivity contribution in [3.8, 4) is 5.75 Å². The Kier molecular flexibility index (Phi) is 5.81. The van der Waals surface area contributed by atoms with Crippen LogP contribution in [0.5, 0.6) is 5.75 Å². The van der Waals surface area contributed by atoms with E-state index in [-0.39, 0.29) is 5.56 Å². The molecular weight excluding hydrogens is 368 g/mol. The summed E-state index contributed by atoms with van der Waals surface area (Å²) in [6.45, 7) is 0. The van der Waals surface area contributed by atoms with Gasteiger partial charge in [-0.05, 0) is 24.3 Å².